The fourth-order valence-electron chi connectivity index (χ4n) is 3.44. The molecule has 4 N–H and O–H groups in total. The Hall–Kier alpha value is -3.73. The molecule has 1 aromatic carbocycles. The fraction of sp³-hybridized carbons (Fsp3) is 0.348. The largest absolute Gasteiger partial charge is 0.380 e. The van der Waals surface area contributed by atoms with Crippen molar-refractivity contribution in [1.82, 2.24) is 20.6 Å². The number of amides is 1. The zero-order valence-corrected chi connectivity index (χ0v) is 18.4. The molecule has 34 heavy (non-hydrogen) atoms. The molecule has 0 unspecified atom stereocenters. The molecule has 0 spiro atoms. The molecule has 0 radical (unpaired) electrons. The number of rotatable bonds is 9. The predicted molar refractivity (Wildman–Crippen MR) is 119 cm³/mol. The summed E-state index contributed by atoms with van der Waals surface area (Å²) in [6.07, 6.45) is 3.03. The van der Waals surface area contributed by atoms with E-state index in [4.69, 9.17) is 5.41 Å². The number of aliphatic hydroxyl groups is 1. The van der Waals surface area contributed by atoms with Crippen LogP contribution in [-0.4, -0.2) is 57.2 Å². The molecule has 4 rings (SSSR count). The number of hydrogen-bond donors (Lipinski definition) is 4. The predicted octanol–water partition coefficient (Wildman–Crippen LogP) is 1.22. The fourth-order valence-corrected chi connectivity index (χ4v) is 3.44. The molecule has 1 saturated heterocycles. The van der Waals surface area contributed by atoms with Gasteiger partial charge in [-0.05, 0) is 25.0 Å². The lowest BCUT2D eigenvalue weighted by Crippen LogP contribution is -2.61. The molecule has 2 aliphatic rings. The number of benzene rings is 1. The van der Waals surface area contributed by atoms with Gasteiger partial charge in [-0.15, -0.1) is 0 Å². The molecule has 1 saturated carbocycles. The highest BCUT2D eigenvalue weighted by Crippen LogP contribution is 2.35. The third-order valence-electron chi connectivity index (χ3n) is 5.72. The Labute approximate surface area is 194 Å². The first kappa shape index (κ1) is 23.4. The minimum atomic E-state index is -1.27. The normalized spacial score (nSPS) is 17.1. The highest BCUT2D eigenvalue weighted by atomic mass is 19.1. The second-order valence-electron chi connectivity index (χ2n) is 8.44. The van der Waals surface area contributed by atoms with Crippen LogP contribution in [-0.2, 0) is 16.1 Å². The Balaban J connectivity index is 1.42. The number of carbonyl (C=O) groups is 2. The van der Waals surface area contributed by atoms with E-state index in [9.17, 15) is 23.5 Å². The zero-order valence-electron chi connectivity index (χ0n) is 18.4. The summed E-state index contributed by atoms with van der Waals surface area (Å²) >= 11 is 0. The van der Waals surface area contributed by atoms with Crippen LogP contribution in [0, 0.1) is 17.0 Å². The molecule has 2 fully saturated rings. The van der Waals surface area contributed by atoms with Gasteiger partial charge in [-0.1, -0.05) is 18.2 Å². The van der Waals surface area contributed by atoms with Crippen molar-refractivity contribution >= 4 is 23.2 Å². The lowest BCUT2D eigenvalue weighted by Gasteiger charge is -2.40. The molecule has 0 bridgehead atoms. The molecule has 178 valence electrons. The van der Waals surface area contributed by atoms with Gasteiger partial charge >= 0.3 is 0 Å². The third-order valence-corrected chi connectivity index (χ3v) is 5.72. The standard InChI is InChI=1S/C23H24F2N6O3/c1-13(32)19(27-9-14-4-2-3-5-16(14)24)8-18(26)20-28-10-17(25)21(30-20)31-11-15(12-31)29-22(33)23(34)6-7-23/h2-5,8,10,15,26-27,34H,6-7,9,11-12H2,1H3,(H,29,33)/b19-8-,26-18?. The lowest BCUT2D eigenvalue weighted by atomic mass is 10.1. The number of allylic oxidation sites excluding steroid dienone is 2. The zero-order chi connectivity index (χ0) is 24.5. The van der Waals surface area contributed by atoms with Crippen LogP contribution in [0.4, 0.5) is 14.6 Å². The van der Waals surface area contributed by atoms with E-state index in [2.05, 4.69) is 20.6 Å². The number of halogens is 2. The van der Waals surface area contributed by atoms with E-state index in [0.717, 1.165) is 6.20 Å². The third kappa shape index (κ3) is 5.09. The van der Waals surface area contributed by atoms with Gasteiger partial charge in [0.05, 0.1) is 17.9 Å². The van der Waals surface area contributed by atoms with Crippen molar-refractivity contribution in [3.8, 4) is 0 Å². The van der Waals surface area contributed by atoms with E-state index in [0.29, 0.717) is 31.5 Å². The van der Waals surface area contributed by atoms with Crippen LogP contribution in [0.2, 0.25) is 0 Å². The van der Waals surface area contributed by atoms with Gasteiger partial charge in [-0.3, -0.25) is 15.0 Å². The van der Waals surface area contributed by atoms with Crippen molar-refractivity contribution in [2.24, 2.45) is 0 Å². The summed E-state index contributed by atoms with van der Waals surface area (Å²) in [4.78, 5) is 33.5. The van der Waals surface area contributed by atoms with Gasteiger partial charge in [0.1, 0.15) is 17.1 Å². The summed E-state index contributed by atoms with van der Waals surface area (Å²) in [7, 11) is 0. The van der Waals surface area contributed by atoms with E-state index in [-0.39, 0.29) is 41.4 Å². The summed E-state index contributed by atoms with van der Waals surface area (Å²) in [5.41, 5.74) is -1.08. The van der Waals surface area contributed by atoms with Crippen LogP contribution in [0.5, 0.6) is 0 Å². The first-order valence-electron chi connectivity index (χ1n) is 10.8. The monoisotopic (exact) mass is 470 g/mol. The Morgan fingerprint density at radius 2 is 1.97 bits per heavy atom. The van der Waals surface area contributed by atoms with Crippen LogP contribution in [0.3, 0.4) is 0 Å². The number of nitrogens with zero attached hydrogens (tertiary/aromatic N) is 3. The Morgan fingerprint density at radius 3 is 2.62 bits per heavy atom. The number of nitrogens with one attached hydrogen (secondary N) is 3. The Morgan fingerprint density at radius 1 is 1.26 bits per heavy atom. The van der Waals surface area contributed by atoms with Crippen molar-refractivity contribution in [1.29, 1.82) is 5.41 Å². The maximum absolute atomic E-state index is 14.3. The highest BCUT2D eigenvalue weighted by Gasteiger charge is 2.49. The maximum Gasteiger partial charge on any atom is 0.252 e. The van der Waals surface area contributed by atoms with Crippen LogP contribution in [0.25, 0.3) is 0 Å². The van der Waals surface area contributed by atoms with Crippen LogP contribution < -0.4 is 15.5 Å². The topological polar surface area (TPSA) is 131 Å². The molecular formula is C23H24F2N6O3. The minimum absolute atomic E-state index is 0.0255. The van der Waals surface area contributed by atoms with Crippen molar-refractivity contribution < 1.29 is 23.5 Å². The molecule has 1 amide bonds. The van der Waals surface area contributed by atoms with Crippen LogP contribution in [0.1, 0.15) is 31.2 Å². The van der Waals surface area contributed by atoms with Gasteiger partial charge in [-0.25, -0.2) is 18.7 Å². The second-order valence-corrected chi connectivity index (χ2v) is 8.44. The molecule has 2 heterocycles. The van der Waals surface area contributed by atoms with Gasteiger partial charge in [0.2, 0.25) is 0 Å². The summed E-state index contributed by atoms with van der Waals surface area (Å²) in [6.45, 7) is 1.93. The van der Waals surface area contributed by atoms with E-state index >= 15 is 0 Å². The molecular weight excluding hydrogens is 446 g/mol. The number of hydrogen-bond acceptors (Lipinski definition) is 8. The van der Waals surface area contributed by atoms with Gasteiger partial charge in [0.15, 0.2) is 23.2 Å². The molecule has 1 aromatic heterocycles. The average Bonchev–Trinajstić information content (AvgIpc) is 3.53. The van der Waals surface area contributed by atoms with Crippen molar-refractivity contribution in [2.45, 2.75) is 38.0 Å². The van der Waals surface area contributed by atoms with E-state index in [1.807, 2.05) is 0 Å². The SMILES string of the molecule is CC(=O)/C(=C/C(=N)c1ncc(F)c(N2CC(NC(=O)C3(O)CC3)C2)n1)NCc1ccccc1F. The Kier molecular flexibility index (Phi) is 6.38. The van der Waals surface area contributed by atoms with Crippen molar-refractivity contribution in [3.05, 3.63) is 65.3 Å². The van der Waals surface area contributed by atoms with Crippen molar-refractivity contribution in [2.75, 3.05) is 18.0 Å². The number of ketones is 1. The molecule has 1 aliphatic carbocycles. The molecule has 11 heteroatoms. The lowest BCUT2D eigenvalue weighted by molar-refractivity contribution is -0.132. The smallest absolute Gasteiger partial charge is 0.252 e. The van der Waals surface area contributed by atoms with Gasteiger partial charge < -0.3 is 20.6 Å². The molecule has 9 nitrogen and oxygen atoms in total. The molecule has 0 atom stereocenters. The van der Waals surface area contributed by atoms with Crippen LogP contribution >= 0.6 is 0 Å². The maximum atomic E-state index is 14.3. The second kappa shape index (κ2) is 9.26. The quantitative estimate of drug-likeness (QED) is 0.320. The summed E-state index contributed by atoms with van der Waals surface area (Å²) in [5, 5.41) is 23.7. The number of carbonyl (C=O) groups excluding carboxylic acids is 2. The van der Waals surface area contributed by atoms with E-state index in [1.165, 1.54) is 19.1 Å². The van der Waals surface area contributed by atoms with Crippen LogP contribution in [0.15, 0.2) is 42.2 Å². The molecule has 1 aliphatic heterocycles. The van der Waals surface area contributed by atoms with Gasteiger partial charge in [0.25, 0.3) is 5.91 Å². The van der Waals surface area contributed by atoms with Gasteiger partial charge in [-0.2, -0.15) is 0 Å². The summed E-state index contributed by atoms with van der Waals surface area (Å²) in [6, 6.07) is 5.87. The summed E-state index contributed by atoms with van der Waals surface area (Å²) < 4.78 is 28.2. The summed E-state index contributed by atoms with van der Waals surface area (Å²) in [5.74, 6) is -2.02. The van der Waals surface area contributed by atoms with Crippen molar-refractivity contribution in [3.63, 3.8) is 0 Å². The number of Topliss-reactive ketones (excluding diaryl/α,β-unsaturated/α-hetero) is 1. The van der Waals surface area contributed by atoms with E-state index in [1.54, 1.807) is 23.1 Å². The highest BCUT2D eigenvalue weighted by molar-refractivity contribution is 6.09. The number of anilines is 1. The molecule has 2 aromatic rings. The average molecular weight is 470 g/mol. The van der Waals surface area contributed by atoms with E-state index < -0.39 is 23.1 Å². The Bertz CT molecular complexity index is 1180. The first-order chi connectivity index (χ1) is 16.2. The first-order valence-corrected chi connectivity index (χ1v) is 10.8. The van der Waals surface area contributed by atoms with Gasteiger partial charge in [0, 0.05) is 32.1 Å². The minimum Gasteiger partial charge on any atom is -0.380 e. The number of aromatic nitrogens is 2.